The number of ether oxygens (including phenoxy) is 1. The average molecular weight is 603 g/mol. The van der Waals surface area contributed by atoms with Crippen molar-refractivity contribution >= 4 is 46.5 Å². The maximum Gasteiger partial charge on any atom is 0.254 e. The van der Waals surface area contributed by atoms with Crippen LogP contribution in [0.25, 0.3) is 0 Å². The van der Waals surface area contributed by atoms with Crippen molar-refractivity contribution in [2.45, 2.75) is 32.7 Å². The summed E-state index contributed by atoms with van der Waals surface area (Å²) in [6, 6.07) is 3.99. The van der Waals surface area contributed by atoms with E-state index < -0.39 is 5.91 Å². The lowest BCUT2D eigenvalue weighted by Gasteiger charge is -2.36. The Hall–Kier alpha value is -5.14. The molecule has 5 rings (SSSR count). The van der Waals surface area contributed by atoms with Crippen LogP contribution in [0.4, 0.5) is 28.8 Å². The minimum Gasteiger partial charge on any atom is -0.494 e. The summed E-state index contributed by atoms with van der Waals surface area (Å²) in [6.45, 7) is 11.1. The highest BCUT2D eigenvalue weighted by Crippen LogP contribution is 2.36. The Morgan fingerprint density at radius 2 is 1.86 bits per heavy atom. The summed E-state index contributed by atoms with van der Waals surface area (Å²) in [5.74, 6) is 0.332. The van der Waals surface area contributed by atoms with Gasteiger partial charge < -0.3 is 35.8 Å². The van der Waals surface area contributed by atoms with Crippen molar-refractivity contribution in [2.75, 3.05) is 61.9 Å². The number of nitrogens with zero attached hydrogens (tertiary/aromatic N) is 7. The van der Waals surface area contributed by atoms with Gasteiger partial charge in [-0.1, -0.05) is 6.58 Å². The number of primary amides is 1. The summed E-state index contributed by atoms with van der Waals surface area (Å²) < 4.78 is 7.57. The number of hydrogen-bond acceptors (Lipinski definition) is 10. The van der Waals surface area contributed by atoms with Crippen molar-refractivity contribution in [1.82, 2.24) is 29.5 Å². The van der Waals surface area contributed by atoms with Gasteiger partial charge >= 0.3 is 0 Å². The van der Waals surface area contributed by atoms with Gasteiger partial charge in [-0.25, -0.2) is 4.98 Å². The lowest BCUT2D eigenvalue weighted by Crippen LogP contribution is -2.48. The summed E-state index contributed by atoms with van der Waals surface area (Å²) in [6.07, 6.45) is 7.98. The number of aryl methyl sites for hydroxylation is 1. The predicted octanol–water partition coefficient (Wildman–Crippen LogP) is 2.59. The molecule has 2 aromatic heterocycles. The average Bonchev–Trinajstić information content (AvgIpc) is 3.50. The Bertz CT molecular complexity index is 1560. The van der Waals surface area contributed by atoms with Gasteiger partial charge in [0.05, 0.1) is 30.7 Å². The Kier molecular flexibility index (Phi) is 8.97. The second kappa shape index (κ2) is 13.0. The summed E-state index contributed by atoms with van der Waals surface area (Å²) >= 11 is 0. The molecule has 0 bridgehead atoms. The topological polar surface area (TPSA) is 164 Å². The zero-order valence-corrected chi connectivity index (χ0v) is 25.2. The van der Waals surface area contributed by atoms with E-state index >= 15 is 0 Å². The van der Waals surface area contributed by atoms with E-state index in [1.807, 2.05) is 34.8 Å². The fourth-order valence-electron chi connectivity index (χ4n) is 5.59. The number of carbonyl (C=O) groups excluding carboxylic acids is 3. The van der Waals surface area contributed by atoms with Crippen molar-refractivity contribution in [3.05, 3.63) is 54.5 Å². The first-order valence-electron chi connectivity index (χ1n) is 14.5. The first-order chi connectivity index (χ1) is 21.2. The van der Waals surface area contributed by atoms with E-state index in [0.717, 1.165) is 24.1 Å². The SMILES string of the molecule is C=CC(=O)N1CCC[C@H](n2cc(Nc3ncc(C(N)=O)c(Nc4c(C)cc(N5CCN(C(C)=O)CC5)cc4OC)n3)cn2)C1. The molecule has 1 aromatic carbocycles. The molecular formula is C30H38N10O4. The number of rotatable bonds is 9. The zero-order chi connectivity index (χ0) is 31.4. The molecule has 0 spiro atoms. The molecule has 2 saturated heterocycles. The normalized spacial score (nSPS) is 16.8. The second-order valence-electron chi connectivity index (χ2n) is 10.9. The van der Waals surface area contributed by atoms with Gasteiger partial charge in [0.25, 0.3) is 5.91 Å². The number of benzene rings is 1. The van der Waals surface area contributed by atoms with E-state index in [2.05, 4.69) is 37.2 Å². The van der Waals surface area contributed by atoms with E-state index in [0.29, 0.717) is 56.4 Å². The van der Waals surface area contributed by atoms with Crippen molar-refractivity contribution in [3.8, 4) is 5.75 Å². The van der Waals surface area contributed by atoms with Gasteiger partial charge in [-0.3, -0.25) is 19.1 Å². The van der Waals surface area contributed by atoms with Gasteiger partial charge in [-0.05, 0) is 37.5 Å². The van der Waals surface area contributed by atoms with Crippen molar-refractivity contribution in [3.63, 3.8) is 0 Å². The number of aromatic nitrogens is 4. The fourth-order valence-corrected chi connectivity index (χ4v) is 5.59. The lowest BCUT2D eigenvalue weighted by molar-refractivity contribution is -0.129. The number of hydrogen-bond donors (Lipinski definition) is 3. The number of carbonyl (C=O) groups is 3. The van der Waals surface area contributed by atoms with Crippen LogP contribution in [0.15, 0.2) is 43.4 Å². The summed E-state index contributed by atoms with van der Waals surface area (Å²) in [7, 11) is 1.58. The van der Waals surface area contributed by atoms with Crippen LogP contribution in [0.2, 0.25) is 0 Å². The number of nitrogens with two attached hydrogens (primary N) is 1. The van der Waals surface area contributed by atoms with Gasteiger partial charge in [0.1, 0.15) is 17.1 Å². The molecule has 1 atom stereocenters. The van der Waals surface area contributed by atoms with E-state index in [1.165, 1.54) is 12.3 Å². The number of piperidine rings is 1. The van der Waals surface area contributed by atoms with E-state index in [4.69, 9.17) is 10.5 Å². The highest BCUT2D eigenvalue weighted by atomic mass is 16.5. The molecule has 0 unspecified atom stereocenters. The minimum absolute atomic E-state index is 0.0370. The number of nitrogens with one attached hydrogen (secondary N) is 2. The van der Waals surface area contributed by atoms with E-state index in [-0.39, 0.29) is 35.2 Å². The van der Waals surface area contributed by atoms with Crippen LogP contribution in [0.1, 0.15) is 41.7 Å². The Labute approximate surface area is 255 Å². The third kappa shape index (κ3) is 6.58. The number of methoxy groups -OCH3 is 1. The van der Waals surface area contributed by atoms with Crippen LogP contribution >= 0.6 is 0 Å². The first kappa shape index (κ1) is 30.3. The van der Waals surface area contributed by atoms with Crippen molar-refractivity contribution in [1.29, 1.82) is 0 Å². The molecule has 2 aliphatic rings. The molecule has 0 radical (unpaired) electrons. The molecule has 14 nitrogen and oxygen atoms in total. The van der Waals surface area contributed by atoms with Gasteiger partial charge in [-0.15, -0.1) is 0 Å². The fraction of sp³-hybridized carbons (Fsp3) is 0.400. The third-order valence-electron chi connectivity index (χ3n) is 8.01. The number of likely N-dealkylation sites (tertiary alicyclic amines) is 1. The standard InChI is InChI=1S/C30H38N10O4/c1-5-26(42)39-8-6-7-22(18-39)40-17-21(15-33-40)34-30-32-16-24(28(31)43)29(36-30)35-27-19(2)13-23(14-25(27)44-4)38-11-9-37(10-12-38)20(3)41/h5,13-17,22H,1,6-12,18H2,2-4H3,(H2,31,43)(H2,32,34,35,36)/t22-/m0/s1. The number of piperazine rings is 1. The lowest BCUT2D eigenvalue weighted by atomic mass is 10.1. The van der Waals surface area contributed by atoms with Gasteiger partial charge in [0.15, 0.2) is 0 Å². The molecule has 3 amide bonds. The molecule has 2 fully saturated rings. The van der Waals surface area contributed by atoms with E-state index in [1.54, 1.807) is 25.1 Å². The minimum atomic E-state index is -0.681. The Morgan fingerprint density at radius 1 is 1.09 bits per heavy atom. The summed E-state index contributed by atoms with van der Waals surface area (Å²) in [5.41, 5.74) is 8.91. The third-order valence-corrected chi connectivity index (χ3v) is 8.01. The van der Waals surface area contributed by atoms with Crippen molar-refractivity contribution < 1.29 is 19.1 Å². The molecule has 0 aliphatic carbocycles. The molecule has 0 saturated carbocycles. The van der Waals surface area contributed by atoms with Crippen LogP contribution in [0, 0.1) is 6.92 Å². The highest BCUT2D eigenvalue weighted by molar-refractivity contribution is 5.98. The zero-order valence-electron chi connectivity index (χ0n) is 25.2. The van der Waals surface area contributed by atoms with Gasteiger partial charge in [0.2, 0.25) is 17.8 Å². The van der Waals surface area contributed by atoms with E-state index in [9.17, 15) is 14.4 Å². The number of anilines is 5. The van der Waals surface area contributed by atoms with Crippen LogP contribution in [-0.2, 0) is 9.59 Å². The summed E-state index contributed by atoms with van der Waals surface area (Å²) in [4.78, 5) is 50.8. The highest BCUT2D eigenvalue weighted by Gasteiger charge is 2.25. The summed E-state index contributed by atoms with van der Waals surface area (Å²) in [5, 5.41) is 10.9. The van der Waals surface area contributed by atoms with Crippen LogP contribution in [0.3, 0.4) is 0 Å². The van der Waals surface area contributed by atoms with Crippen LogP contribution in [0.5, 0.6) is 5.75 Å². The van der Waals surface area contributed by atoms with Gasteiger partial charge in [-0.2, -0.15) is 10.1 Å². The molecule has 2 aliphatic heterocycles. The molecule has 3 aromatic rings. The van der Waals surface area contributed by atoms with Gasteiger partial charge in [0, 0.05) is 70.3 Å². The van der Waals surface area contributed by atoms with Crippen LogP contribution in [-0.4, -0.2) is 93.6 Å². The molecule has 44 heavy (non-hydrogen) atoms. The molecule has 4 heterocycles. The maximum atomic E-state index is 12.3. The maximum absolute atomic E-state index is 12.3. The molecule has 14 heteroatoms. The second-order valence-corrected chi connectivity index (χ2v) is 10.9. The molecule has 232 valence electrons. The quantitative estimate of drug-likeness (QED) is 0.310. The molecule has 4 N–H and O–H groups in total. The van der Waals surface area contributed by atoms with Crippen molar-refractivity contribution in [2.24, 2.45) is 5.73 Å². The first-order valence-corrected chi connectivity index (χ1v) is 14.5. The Balaban J connectivity index is 1.34. The smallest absolute Gasteiger partial charge is 0.254 e. The predicted molar refractivity (Wildman–Crippen MR) is 167 cm³/mol. The number of amides is 3. The monoisotopic (exact) mass is 602 g/mol. The van der Waals surface area contributed by atoms with Crippen LogP contribution < -0.4 is 26.0 Å². The Morgan fingerprint density at radius 3 is 2.55 bits per heavy atom. The largest absolute Gasteiger partial charge is 0.494 e. The molecular weight excluding hydrogens is 564 g/mol.